The molecule has 3 aliphatic heterocycles. The molecule has 1 aliphatic carbocycles. The standard InChI is InChI=1S/C48H75NO11/c1-29-13-10-9-11-14-30(2)44(58-8)25-37-18-16-35(7)48(57,60-37)28-46(55)49-20-12-15-38(49)47(56)59-45(34(6)23-36-17-19-39(50)43(54)24-36)27-42(53)33(5)22-32(4)41(52)26-40(51)31(3)21-29/h9-11,13-14,22,29,31,33-39,41,43-45,50,52,54,57H,12,15-21,23-28H2,1-8H3/b11-9+,13-10+,30-14?,32-22+/t29-,31-,33-,34-,35-,36+,37+,38?,39-,41+,43-,44+,45+,48+/m1/s1. The predicted octanol–water partition coefficient (Wildman–Crippen LogP) is 6.33. The van der Waals surface area contributed by atoms with Crippen molar-refractivity contribution in [3.05, 3.63) is 47.6 Å². The number of rotatable bonds is 4. The molecule has 338 valence electrons. The molecule has 12 nitrogen and oxygen atoms in total. The maximum absolute atomic E-state index is 14.1. The van der Waals surface area contributed by atoms with Crippen LogP contribution in [-0.4, -0.2) is 111 Å². The first-order chi connectivity index (χ1) is 28.3. The molecule has 0 spiro atoms. The number of amides is 1. The number of hydrogen-bond acceptors (Lipinski definition) is 11. The Bertz CT molecular complexity index is 1590. The Balaban J connectivity index is 1.61. The number of aliphatic hydroxyl groups is 4. The summed E-state index contributed by atoms with van der Waals surface area (Å²) in [7, 11) is 1.64. The van der Waals surface area contributed by atoms with Crippen molar-refractivity contribution in [3.63, 3.8) is 0 Å². The molecule has 0 aromatic rings. The van der Waals surface area contributed by atoms with E-state index in [1.54, 1.807) is 27.0 Å². The Kier molecular flexibility index (Phi) is 19.0. The van der Waals surface area contributed by atoms with E-state index in [9.17, 15) is 39.6 Å². The molecule has 1 saturated carbocycles. The van der Waals surface area contributed by atoms with Crippen molar-refractivity contribution in [3.8, 4) is 0 Å². The number of ether oxygens (including phenoxy) is 3. The van der Waals surface area contributed by atoms with Crippen LogP contribution in [0.2, 0.25) is 0 Å². The molecular weight excluding hydrogens is 767 g/mol. The lowest BCUT2D eigenvalue weighted by Gasteiger charge is -2.43. The monoisotopic (exact) mass is 842 g/mol. The van der Waals surface area contributed by atoms with Crippen molar-refractivity contribution in [1.29, 1.82) is 0 Å². The van der Waals surface area contributed by atoms with Gasteiger partial charge in [-0.15, -0.1) is 0 Å². The molecule has 3 heterocycles. The minimum Gasteiger partial charge on any atom is -0.460 e. The van der Waals surface area contributed by atoms with Crippen molar-refractivity contribution in [2.45, 2.75) is 180 Å². The lowest BCUT2D eigenvalue weighted by Crippen LogP contribution is -2.52. The predicted molar refractivity (Wildman–Crippen MR) is 229 cm³/mol. The quantitative estimate of drug-likeness (QED) is 0.184. The average Bonchev–Trinajstić information content (AvgIpc) is 3.69. The number of nitrogens with zero attached hydrogens (tertiary/aromatic N) is 1. The zero-order valence-electron chi connectivity index (χ0n) is 37.5. The van der Waals surface area contributed by atoms with Gasteiger partial charge in [-0.3, -0.25) is 14.4 Å². The number of cyclic esters (lactones) is 1. The number of carbonyl (C=O) groups excluding carboxylic acids is 4. The van der Waals surface area contributed by atoms with E-state index in [2.05, 4.69) is 0 Å². The average molecular weight is 842 g/mol. The SMILES string of the molecule is CO[C@H]1C[C@@H]2CC[C@@H](C)[C@](O)(CC(=O)N3CCCC3C(=O)O[C@H]([C@H](C)C[C@@H]3CC[C@@H](O)[C@H](O)C3)CC(=O)[C@H](C)/C=C(\C)[C@@H](O)CC(=O)[C@H](C)C[C@H](C)/C=C/C=C/C=C1C)O2. The summed E-state index contributed by atoms with van der Waals surface area (Å²) >= 11 is 0. The Labute approximate surface area is 358 Å². The third kappa shape index (κ3) is 14.0. The summed E-state index contributed by atoms with van der Waals surface area (Å²) in [5.74, 6) is -4.41. The van der Waals surface area contributed by atoms with E-state index in [0.717, 1.165) is 5.57 Å². The minimum atomic E-state index is -1.74. The van der Waals surface area contributed by atoms with Gasteiger partial charge in [0.15, 0.2) is 5.79 Å². The molecule has 0 radical (unpaired) electrons. The van der Waals surface area contributed by atoms with Crippen LogP contribution in [0.4, 0.5) is 0 Å². The van der Waals surface area contributed by atoms with Gasteiger partial charge in [0, 0.05) is 50.7 Å². The highest BCUT2D eigenvalue weighted by molar-refractivity contribution is 5.87. The fraction of sp³-hybridized carbons (Fsp3) is 0.750. The van der Waals surface area contributed by atoms with Gasteiger partial charge in [-0.05, 0) is 101 Å². The van der Waals surface area contributed by atoms with Crippen LogP contribution >= 0.6 is 0 Å². The highest BCUT2D eigenvalue weighted by Crippen LogP contribution is 2.39. The van der Waals surface area contributed by atoms with Crippen LogP contribution in [0, 0.1) is 35.5 Å². The number of hydrogen-bond donors (Lipinski definition) is 4. The molecule has 60 heavy (non-hydrogen) atoms. The summed E-state index contributed by atoms with van der Waals surface area (Å²) in [5.41, 5.74) is 1.48. The van der Waals surface area contributed by atoms with Crippen LogP contribution in [0.15, 0.2) is 47.6 Å². The summed E-state index contributed by atoms with van der Waals surface area (Å²) in [6.07, 6.45) is 12.3. The number of allylic oxidation sites excluding steroid dienone is 6. The number of fused-ring (bicyclic) bond motifs is 3. The fourth-order valence-electron chi connectivity index (χ4n) is 9.47. The number of carbonyl (C=O) groups is 4. The fourth-order valence-corrected chi connectivity index (χ4v) is 9.47. The third-order valence-electron chi connectivity index (χ3n) is 13.7. The molecule has 1 unspecified atom stereocenters. The lowest BCUT2D eigenvalue weighted by atomic mass is 9.78. The van der Waals surface area contributed by atoms with E-state index in [0.29, 0.717) is 76.3 Å². The van der Waals surface area contributed by atoms with Crippen LogP contribution < -0.4 is 0 Å². The maximum atomic E-state index is 14.1. The second-order valence-electron chi connectivity index (χ2n) is 18.8. The van der Waals surface area contributed by atoms with Gasteiger partial charge in [0.1, 0.15) is 23.7 Å². The highest BCUT2D eigenvalue weighted by atomic mass is 16.6. The van der Waals surface area contributed by atoms with Gasteiger partial charge in [0.25, 0.3) is 0 Å². The van der Waals surface area contributed by atoms with E-state index in [1.165, 1.54) is 4.90 Å². The molecule has 4 N–H and O–H groups in total. The van der Waals surface area contributed by atoms with E-state index < -0.39 is 54.0 Å². The molecule has 14 atom stereocenters. The van der Waals surface area contributed by atoms with Gasteiger partial charge in [0.2, 0.25) is 5.91 Å². The van der Waals surface area contributed by atoms with Gasteiger partial charge in [-0.25, -0.2) is 4.79 Å². The van der Waals surface area contributed by atoms with Crippen LogP contribution in [0.5, 0.6) is 0 Å². The Morgan fingerprint density at radius 1 is 0.867 bits per heavy atom. The Hall–Kier alpha value is -3.00. The zero-order chi connectivity index (χ0) is 44.3. The number of Topliss-reactive ketones (excluding diaryl/α,β-unsaturated/α-hetero) is 2. The van der Waals surface area contributed by atoms with Crippen molar-refractivity contribution in [1.82, 2.24) is 4.90 Å². The molecular formula is C48H75NO11. The smallest absolute Gasteiger partial charge is 0.329 e. The Morgan fingerprint density at radius 3 is 2.30 bits per heavy atom. The molecule has 4 aliphatic rings. The second-order valence-corrected chi connectivity index (χ2v) is 18.8. The Morgan fingerprint density at radius 2 is 1.60 bits per heavy atom. The molecule has 0 aromatic heterocycles. The highest BCUT2D eigenvalue weighted by Gasteiger charge is 2.47. The van der Waals surface area contributed by atoms with E-state index in [1.807, 2.05) is 65.0 Å². The van der Waals surface area contributed by atoms with Crippen LogP contribution in [0.3, 0.4) is 0 Å². The van der Waals surface area contributed by atoms with Gasteiger partial charge < -0.3 is 39.5 Å². The molecule has 1 amide bonds. The minimum absolute atomic E-state index is 0.0537. The van der Waals surface area contributed by atoms with Crippen LogP contribution in [0.25, 0.3) is 0 Å². The van der Waals surface area contributed by atoms with Gasteiger partial charge in [-0.1, -0.05) is 71.1 Å². The van der Waals surface area contributed by atoms with Crippen molar-refractivity contribution >= 4 is 23.4 Å². The van der Waals surface area contributed by atoms with Gasteiger partial charge >= 0.3 is 5.97 Å². The topological polar surface area (TPSA) is 180 Å². The lowest BCUT2D eigenvalue weighted by molar-refractivity contribution is -0.283. The molecule has 12 heteroatoms. The normalized spacial score (nSPS) is 40.4. The zero-order valence-corrected chi connectivity index (χ0v) is 37.5. The largest absolute Gasteiger partial charge is 0.460 e. The molecule has 4 rings (SSSR count). The van der Waals surface area contributed by atoms with Crippen LogP contribution in [0.1, 0.15) is 132 Å². The van der Waals surface area contributed by atoms with E-state index in [-0.39, 0.29) is 72.6 Å². The first-order valence-electron chi connectivity index (χ1n) is 22.5. The van der Waals surface area contributed by atoms with Crippen molar-refractivity contribution in [2.75, 3.05) is 13.7 Å². The van der Waals surface area contributed by atoms with E-state index >= 15 is 0 Å². The number of ketones is 2. The second kappa shape index (κ2) is 22.9. The summed E-state index contributed by atoms with van der Waals surface area (Å²) in [4.78, 5) is 56.7. The summed E-state index contributed by atoms with van der Waals surface area (Å²) in [6.45, 7) is 13.4. The summed E-state index contributed by atoms with van der Waals surface area (Å²) in [5, 5.41) is 43.5. The summed E-state index contributed by atoms with van der Waals surface area (Å²) in [6, 6.07) is -0.894. The molecule has 2 bridgehead atoms. The maximum Gasteiger partial charge on any atom is 0.329 e. The van der Waals surface area contributed by atoms with Crippen LogP contribution in [-0.2, 0) is 33.4 Å². The van der Waals surface area contributed by atoms with Crippen molar-refractivity contribution < 1.29 is 53.8 Å². The van der Waals surface area contributed by atoms with E-state index in [4.69, 9.17) is 14.2 Å². The third-order valence-corrected chi connectivity index (χ3v) is 13.7. The molecule has 3 fully saturated rings. The molecule has 2 saturated heterocycles. The van der Waals surface area contributed by atoms with Gasteiger partial charge in [-0.2, -0.15) is 0 Å². The first-order valence-corrected chi connectivity index (χ1v) is 22.5. The first kappa shape index (κ1) is 49.7. The number of methoxy groups -OCH3 is 1. The van der Waals surface area contributed by atoms with Crippen molar-refractivity contribution in [2.24, 2.45) is 35.5 Å². The van der Waals surface area contributed by atoms with Gasteiger partial charge in [0.05, 0.1) is 36.9 Å². The number of esters is 1. The molecule has 0 aromatic carbocycles. The number of aliphatic hydroxyl groups excluding tert-OH is 3. The summed E-state index contributed by atoms with van der Waals surface area (Å²) < 4.78 is 18.4.